The molecular weight excluding hydrogens is 242 g/mol. The highest BCUT2D eigenvalue weighted by Gasteiger charge is 2.47. The summed E-state index contributed by atoms with van der Waals surface area (Å²) in [6, 6.07) is 3.50. The zero-order chi connectivity index (χ0) is 13.9. The van der Waals surface area contributed by atoms with E-state index in [1.165, 1.54) is 6.07 Å². The van der Waals surface area contributed by atoms with Crippen molar-refractivity contribution < 1.29 is 29.6 Å². The third-order valence-corrected chi connectivity index (χ3v) is 2.35. The second-order valence-corrected chi connectivity index (χ2v) is 3.51. The van der Waals surface area contributed by atoms with Gasteiger partial charge in [0, 0.05) is 5.56 Å². The van der Waals surface area contributed by atoms with Crippen molar-refractivity contribution in [3.8, 4) is 5.75 Å². The highest BCUT2D eigenvalue weighted by Crippen LogP contribution is 2.29. The van der Waals surface area contributed by atoms with Crippen LogP contribution in [0.3, 0.4) is 0 Å². The molecule has 7 nitrogen and oxygen atoms in total. The van der Waals surface area contributed by atoms with Gasteiger partial charge in [0.1, 0.15) is 5.75 Å². The number of aliphatic hydroxyl groups is 1. The van der Waals surface area contributed by atoms with E-state index >= 15 is 0 Å². The number of nitrogen functional groups attached to an aromatic ring is 1. The van der Waals surface area contributed by atoms with E-state index in [2.05, 4.69) is 0 Å². The van der Waals surface area contributed by atoms with Crippen molar-refractivity contribution in [2.24, 2.45) is 0 Å². The topological polar surface area (TPSA) is 130 Å². The highest BCUT2D eigenvalue weighted by molar-refractivity contribution is 6.02. The number of hydrogen-bond acceptors (Lipinski definition) is 5. The molecule has 0 saturated carbocycles. The standard InChI is InChI=1S/C11H13NO6/c1-2-18-8-5-6(3-4-7(8)12)11(17,9(13)14)10(15)16/h3-5,17H,2,12H2,1H3,(H,13,14)(H,15,16). The van der Waals surface area contributed by atoms with E-state index in [4.69, 9.17) is 20.7 Å². The molecule has 5 N–H and O–H groups in total. The van der Waals surface area contributed by atoms with E-state index in [1.54, 1.807) is 6.92 Å². The first-order valence-electron chi connectivity index (χ1n) is 5.06. The molecule has 0 aromatic heterocycles. The van der Waals surface area contributed by atoms with E-state index in [9.17, 15) is 14.7 Å². The summed E-state index contributed by atoms with van der Waals surface area (Å²) in [6.07, 6.45) is 0. The number of aliphatic carboxylic acids is 2. The Bertz CT molecular complexity index is 470. The van der Waals surface area contributed by atoms with Crippen molar-refractivity contribution in [1.29, 1.82) is 0 Å². The van der Waals surface area contributed by atoms with E-state index < -0.39 is 17.5 Å². The quantitative estimate of drug-likeness (QED) is 0.431. The predicted octanol–water partition coefficient (Wildman–Crippen LogP) is 0.0243. The summed E-state index contributed by atoms with van der Waals surface area (Å²) in [6.45, 7) is 1.96. The second-order valence-electron chi connectivity index (χ2n) is 3.51. The summed E-state index contributed by atoms with van der Waals surface area (Å²) in [4.78, 5) is 21.8. The van der Waals surface area contributed by atoms with Crippen LogP contribution in [0, 0.1) is 0 Å². The van der Waals surface area contributed by atoms with Gasteiger partial charge in [0.15, 0.2) is 0 Å². The molecule has 0 amide bonds. The van der Waals surface area contributed by atoms with Crippen LogP contribution in [0.15, 0.2) is 18.2 Å². The molecule has 0 unspecified atom stereocenters. The molecule has 0 fully saturated rings. The van der Waals surface area contributed by atoms with Crippen LogP contribution in [0.1, 0.15) is 12.5 Å². The molecule has 0 aliphatic carbocycles. The monoisotopic (exact) mass is 255 g/mol. The Labute approximate surface area is 102 Å². The van der Waals surface area contributed by atoms with Crippen LogP contribution in [-0.2, 0) is 15.2 Å². The maximum Gasteiger partial charge on any atom is 0.352 e. The number of ether oxygens (including phenoxy) is 1. The molecule has 0 aliphatic heterocycles. The van der Waals surface area contributed by atoms with Crippen molar-refractivity contribution >= 4 is 17.6 Å². The number of anilines is 1. The molecule has 0 aliphatic rings. The van der Waals surface area contributed by atoms with Crippen LogP contribution in [0.25, 0.3) is 0 Å². The average Bonchev–Trinajstić information content (AvgIpc) is 2.30. The Hall–Kier alpha value is -2.28. The lowest BCUT2D eigenvalue weighted by Gasteiger charge is -2.20. The first-order valence-corrected chi connectivity index (χ1v) is 5.06. The van der Waals surface area contributed by atoms with Crippen molar-refractivity contribution in [3.05, 3.63) is 23.8 Å². The summed E-state index contributed by atoms with van der Waals surface area (Å²) in [5, 5.41) is 27.4. The SMILES string of the molecule is CCOc1cc(C(O)(C(=O)O)C(=O)O)ccc1N. The molecule has 0 radical (unpaired) electrons. The summed E-state index contributed by atoms with van der Waals surface area (Å²) in [7, 11) is 0. The van der Waals surface area contributed by atoms with E-state index in [0.717, 1.165) is 12.1 Å². The largest absolute Gasteiger partial charge is 0.492 e. The minimum atomic E-state index is -3.03. The summed E-state index contributed by atoms with van der Waals surface area (Å²) >= 11 is 0. The maximum absolute atomic E-state index is 10.9. The molecule has 0 saturated heterocycles. The Morgan fingerprint density at radius 1 is 1.33 bits per heavy atom. The first-order chi connectivity index (χ1) is 8.33. The van der Waals surface area contributed by atoms with Gasteiger partial charge < -0.3 is 25.8 Å². The van der Waals surface area contributed by atoms with Gasteiger partial charge in [-0.1, -0.05) is 6.07 Å². The summed E-state index contributed by atoms with van der Waals surface area (Å²) in [5.74, 6) is -3.65. The number of nitrogens with two attached hydrogens (primary N) is 1. The third-order valence-electron chi connectivity index (χ3n) is 2.35. The summed E-state index contributed by atoms with van der Waals surface area (Å²) < 4.78 is 5.11. The Morgan fingerprint density at radius 3 is 2.33 bits per heavy atom. The number of hydrogen-bond donors (Lipinski definition) is 4. The molecule has 0 spiro atoms. The fraction of sp³-hybridized carbons (Fsp3) is 0.273. The minimum Gasteiger partial charge on any atom is -0.492 e. The lowest BCUT2D eigenvalue weighted by atomic mass is 9.93. The normalized spacial score (nSPS) is 11.0. The van der Waals surface area contributed by atoms with Crippen molar-refractivity contribution in [1.82, 2.24) is 0 Å². The van der Waals surface area contributed by atoms with Gasteiger partial charge in [-0.15, -0.1) is 0 Å². The molecule has 0 atom stereocenters. The number of rotatable bonds is 5. The highest BCUT2D eigenvalue weighted by atomic mass is 16.5. The average molecular weight is 255 g/mol. The predicted molar refractivity (Wildman–Crippen MR) is 61.2 cm³/mol. The third kappa shape index (κ3) is 2.21. The molecule has 98 valence electrons. The molecule has 7 heteroatoms. The van der Waals surface area contributed by atoms with Gasteiger partial charge >= 0.3 is 11.9 Å². The summed E-state index contributed by atoms with van der Waals surface area (Å²) in [5.41, 5.74) is 2.43. The minimum absolute atomic E-state index is 0.121. The number of carboxylic acids is 2. The van der Waals surface area contributed by atoms with Gasteiger partial charge in [-0.25, -0.2) is 9.59 Å². The number of carbonyl (C=O) groups is 2. The van der Waals surface area contributed by atoms with Gasteiger partial charge in [-0.3, -0.25) is 0 Å². The number of benzene rings is 1. The number of carboxylic acid groups (broad SMARTS) is 2. The molecule has 0 heterocycles. The Morgan fingerprint density at radius 2 is 1.89 bits per heavy atom. The zero-order valence-corrected chi connectivity index (χ0v) is 9.58. The van der Waals surface area contributed by atoms with Crippen LogP contribution in [-0.4, -0.2) is 33.9 Å². The molecule has 1 aromatic rings. The second kappa shape index (κ2) is 4.92. The first kappa shape index (κ1) is 13.8. The van der Waals surface area contributed by atoms with E-state index in [-0.39, 0.29) is 23.6 Å². The lowest BCUT2D eigenvalue weighted by Crippen LogP contribution is -2.43. The molecule has 18 heavy (non-hydrogen) atoms. The van der Waals surface area contributed by atoms with Crippen molar-refractivity contribution in [3.63, 3.8) is 0 Å². The lowest BCUT2D eigenvalue weighted by molar-refractivity contribution is -0.177. The maximum atomic E-state index is 10.9. The van der Waals surface area contributed by atoms with Gasteiger partial charge in [0.05, 0.1) is 12.3 Å². The Balaban J connectivity index is 3.35. The fourth-order valence-corrected chi connectivity index (χ4v) is 1.38. The van der Waals surface area contributed by atoms with E-state index in [1.807, 2.05) is 0 Å². The fourth-order valence-electron chi connectivity index (χ4n) is 1.38. The zero-order valence-electron chi connectivity index (χ0n) is 9.58. The van der Waals surface area contributed by atoms with Crippen LogP contribution >= 0.6 is 0 Å². The van der Waals surface area contributed by atoms with E-state index in [0.29, 0.717) is 0 Å². The van der Waals surface area contributed by atoms with Crippen molar-refractivity contribution in [2.45, 2.75) is 12.5 Å². The van der Waals surface area contributed by atoms with Crippen molar-refractivity contribution in [2.75, 3.05) is 12.3 Å². The molecular formula is C11H13NO6. The van der Waals surface area contributed by atoms with Gasteiger partial charge in [-0.05, 0) is 19.1 Å². The molecule has 1 aromatic carbocycles. The van der Waals surface area contributed by atoms with Crippen LogP contribution < -0.4 is 10.5 Å². The van der Waals surface area contributed by atoms with Gasteiger partial charge in [0.25, 0.3) is 5.60 Å². The van der Waals surface area contributed by atoms with Crippen LogP contribution in [0.5, 0.6) is 5.75 Å². The molecule has 0 bridgehead atoms. The van der Waals surface area contributed by atoms with Crippen LogP contribution in [0.2, 0.25) is 0 Å². The van der Waals surface area contributed by atoms with Gasteiger partial charge in [0.2, 0.25) is 0 Å². The molecule has 1 rings (SSSR count). The van der Waals surface area contributed by atoms with Gasteiger partial charge in [-0.2, -0.15) is 0 Å². The Kier molecular flexibility index (Phi) is 3.77. The smallest absolute Gasteiger partial charge is 0.352 e. The van der Waals surface area contributed by atoms with Crippen LogP contribution in [0.4, 0.5) is 5.69 Å².